The van der Waals surface area contributed by atoms with Gasteiger partial charge in [-0.3, -0.25) is 0 Å². The smallest absolute Gasteiger partial charge is 0.295 e. The van der Waals surface area contributed by atoms with E-state index in [1.165, 1.54) is 11.1 Å². The number of hydrogen-bond acceptors (Lipinski definition) is 2. The average Bonchev–Trinajstić information content (AvgIpc) is 2.91. The topological polar surface area (TPSA) is 38.1 Å². The number of nitrogens with one attached hydrogen (secondary N) is 1. The first-order valence-electron chi connectivity index (χ1n) is 8.32. The predicted molar refractivity (Wildman–Crippen MR) is 95.1 cm³/mol. The highest BCUT2D eigenvalue weighted by atomic mass is 16.5. The lowest BCUT2D eigenvalue weighted by Gasteiger charge is -2.14. The molecular weight excluding hydrogens is 300 g/mol. The second-order valence-corrected chi connectivity index (χ2v) is 6.42. The Hall–Kier alpha value is -2.33. The minimum Gasteiger partial charge on any atom is -0.481 e. The zero-order chi connectivity index (χ0) is 17.1. The van der Waals surface area contributed by atoms with Crippen LogP contribution in [0.1, 0.15) is 36.7 Å². The summed E-state index contributed by atoms with van der Waals surface area (Å²) >= 11 is 0. The van der Waals surface area contributed by atoms with Crippen LogP contribution < -0.4 is 9.30 Å². The van der Waals surface area contributed by atoms with Crippen molar-refractivity contribution in [2.24, 2.45) is 0 Å². The van der Waals surface area contributed by atoms with Gasteiger partial charge < -0.3 is 9.47 Å². The number of rotatable bonds is 6. The van der Waals surface area contributed by atoms with Crippen LogP contribution >= 0.6 is 0 Å². The maximum absolute atomic E-state index is 6.17. The van der Waals surface area contributed by atoms with Crippen LogP contribution in [0.4, 0.5) is 0 Å². The fourth-order valence-electron chi connectivity index (χ4n) is 2.96. The molecule has 24 heavy (non-hydrogen) atoms. The number of fused-ring (bicyclic) bond motifs is 1. The van der Waals surface area contributed by atoms with E-state index >= 15 is 0 Å². The van der Waals surface area contributed by atoms with Crippen molar-refractivity contribution in [2.75, 3.05) is 7.11 Å². The zero-order valence-electron chi connectivity index (χ0n) is 14.8. The molecule has 2 aromatic carbocycles. The lowest BCUT2D eigenvalue weighted by molar-refractivity contribution is -0.715. The average molecular weight is 325 g/mol. The summed E-state index contributed by atoms with van der Waals surface area (Å²) in [5.41, 5.74) is 4.64. The van der Waals surface area contributed by atoms with Crippen molar-refractivity contribution in [2.45, 2.75) is 40.0 Å². The van der Waals surface area contributed by atoms with Crippen LogP contribution in [0.2, 0.25) is 0 Å². The Kier molecular flexibility index (Phi) is 4.86. The van der Waals surface area contributed by atoms with Gasteiger partial charge in [-0.25, -0.2) is 4.98 Å². The minimum atomic E-state index is 0.425. The highest BCUT2D eigenvalue weighted by Gasteiger charge is 2.19. The molecule has 0 saturated carbocycles. The van der Waals surface area contributed by atoms with Crippen LogP contribution in [-0.2, 0) is 18.1 Å². The Bertz CT molecular complexity index is 837. The predicted octanol–water partition coefficient (Wildman–Crippen LogP) is 4.07. The number of nitrogens with zero attached hydrogens (tertiary/aromatic N) is 1. The van der Waals surface area contributed by atoms with E-state index in [1.54, 1.807) is 7.11 Å². The highest BCUT2D eigenvalue weighted by molar-refractivity contribution is 5.70. The molecule has 0 unspecified atom stereocenters. The zero-order valence-corrected chi connectivity index (χ0v) is 14.8. The summed E-state index contributed by atoms with van der Waals surface area (Å²) in [5.74, 6) is 2.37. The van der Waals surface area contributed by atoms with Crippen molar-refractivity contribution in [3.05, 3.63) is 59.4 Å². The minimum absolute atomic E-state index is 0.425. The lowest BCUT2D eigenvalue weighted by atomic mass is 10.0. The Morgan fingerprint density at radius 2 is 1.92 bits per heavy atom. The Balaban J connectivity index is 1.91. The van der Waals surface area contributed by atoms with Gasteiger partial charge in [0.25, 0.3) is 5.82 Å². The van der Waals surface area contributed by atoms with Gasteiger partial charge in [0, 0.05) is 7.11 Å². The van der Waals surface area contributed by atoms with Crippen molar-refractivity contribution < 1.29 is 14.0 Å². The number of para-hydroxylation sites is 2. The molecule has 0 amide bonds. The van der Waals surface area contributed by atoms with E-state index in [9.17, 15) is 0 Å². The lowest BCUT2D eigenvalue weighted by Crippen LogP contribution is -2.38. The number of methoxy groups -OCH3 is 1. The van der Waals surface area contributed by atoms with Gasteiger partial charge in [-0.05, 0) is 42.2 Å². The van der Waals surface area contributed by atoms with E-state index in [4.69, 9.17) is 9.47 Å². The van der Waals surface area contributed by atoms with Crippen molar-refractivity contribution in [3.63, 3.8) is 0 Å². The van der Waals surface area contributed by atoms with Crippen LogP contribution in [0.25, 0.3) is 11.0 Å². The van der Waals surface area contributed by atoms with E-state index < -0.39 is 0 Å². The molecule has 1 N–H and O–H groups in total. The summed E-state index contributed by atoms with van der Waals surface area (Å²) in [6.45, 7) is 7.43. The molecule has 0 aliphatic rings. The first-order chi connectivity index (χ1) is 11.6. The number of hydrogen-bond donors (Lipinski definition) is 1. The molecule has 0 radical (unpaired) electrons. The summed E-state index contributed by atoms with van der Waals surface area (Å²) in [7, 11) is 1.71. The van der Waals surface area contributed by atoms with E-state index in [0.717, 1.165) is 22.6 Å². The molecule has 1 aromatic heterocycles. The summed E-state index contributed by atoms with van der Waals surface area (Å²) < 4.78 is 13.6. The number of ether oxygens (including phenoxy) is 2. The summed E-state index contributed by atoms with van der Waals surface area (Å²) in [5, 5.41) is 0. The molecule has 0 aliphatic carbocycles. The third-order valence-electron chi connectivity index (χ3n) is 4.21. The van der Waals surface area contributed by atoms with Gasteiger partial charge in [0.15, 0.2) is 24.4 Å². The Morgan fingerprint density at radius 3 is 2.67 bits per heavy atom. The molecule has 4 nitrogen and oxygen atoms in total. The van der Waals surface area contributed by atoms with Crippen molar-refractivity contribution in [3.8, 4) is 5.75 Å². The van der Waals surface area contributed by atoms with E-state index in [2.05, 4.69) is 60.7 Å². The van der Waals surface area contributed by atoms with Crippen LogP contribution in [-0.4, -0.2) is 12.1 Å². The third kappa shape index (κ3) is 3.29. The van der Waals surface area contributed by atoms with Crippen molar-refractivity contribution in [1.82, 2.24) is 4.98 Å². The molecule has 0 bridgehead atoms. The molecule has 126 valence electrons. The molecule has 1 heterocycles. The van der Waals surface area contributed by atoms with E-state index in [-0.39, 0.29) is 0 Å². The first kappa shape index (κ1) is 16.5. The van der Waals surface area contributed by atoms with E-state index in [0.29, 0.717) is 19.3 Å². The number of H-pyrrole nitrogens is 1. The van der Waals surface area contributed by atoms with Gasteiger partial charge in [0.2, 0.25) is 0 Å². The second kappa shape index (κ2) is 7.05. The summed E-state index contributed by atoms with van der Waals surface area (Å²) in [4.78, 5) is 3.44. The van der Waals surface area contributed by atoms with Crippen LogP contribution in [0.15, 0.2) is 42.5 Å². The number of aromatic amines is 1. The molecule has 0 saturated heterocycles. The molecule has 3 aromatic rings. The summed E-state index contributed by atoms with van der Waals surface area (Å²) in [6, 6.07) is 14.6. The van der Waals surface area contributed by atoms with Gasteiger partial charge in [0.1, 0.15) is 5.75 Å². The van der Waals surface area contributed by atoms with Crippen molar-refractivity contribution >= 4 is 11.0 Å². The largest absolute Gasteiger partial charge is 0.481 e. The van der Waals surface area contributed by atoms with Crippen LogP contribution in [0.3, 0.4) is 0 Å². The van der Waals surface area contributed by atoms with Gasteiger partial charge in [0.05, 0.1) is 0 Å². The monoisotopic (exact) mass is 325 g/mol. The molecule has 0 spiro atoms. The van der Waals surface area contributed by atoms with Gasteiger partial charge in [-0.1, -0.05) is 38.1 Å². The fourth-order valence-corrected chi connectivity index (χ4v) is 2.96. The molecule has 3 rings (SSSR count). The maximum Gasteiger partial charge on any atom is 0.295 e. The molecule has 0 atom stereocenters. The first-order valence-corrected chi connectivity index (χ1v) is 8.32. The highest BCUT2D eigenvalue weighted by Crippen LogP contribution is 2.28. The standard InChI is InChI=1S/C20H24N2O2/c1-14(2)16-10-9-15(3)11-19(16)24-12-20-21-17-7-5-6-8-18(17)22(20)13-23-4/h5-11,14H,12-13H2,1-4H3/p+1. The van der Waals surface area contributed by atoms with Crippen LogP contribution in [0, 0.1) is 6.92 Å². The molecule has 0 fully saturated rings. The molecule has 4 heteroatoms. The normalized spacial score (nSPS) is 11.4. The molecule has 0 aliphatic heterocycles. The number of aromatic nitrogens is 2. The second-order valence-electron chi connectivity index (χ2n) is 6.42. The van der Waals surface area contributed by atoms with E-state index in [1.807, 2.05) is 12.1 Å². The third-order valence-corrected chi connectivity index (χ3v) is 4.21. The molecular formula is C20H25N2O2+. The number of aryl methyl sites for hydroxylation is 1. The Labute approximate surface area is 143 Å². The van der Waals surface area contributed by atoms with Crippen LogP contribution in [0.5, 0.6) is 5.75 Å². The SMILES string of the molecule is COC[n+]1c(COc2cc(C)ccc2C(C)C)[nH]c2ccccc21. The maximum atomic E-state index is 6.17. The number of imidazole rings is 1. The van der Waals surface area contributed by atoms with Gasteiger partial charge in [-0.15, -0.1) is 0 Å². The quantitative estimate of drug-likeness (QED) is 0.694. The van der Waals surface area contributed by atoms with Gasteiger partial charge >= 0.3 is 0 Å². The fraction of sp³-hybridized carbons (Fsp3) is 0.350. The Morgan fingerprint density at radius 1 is 1.12 bits per heavy atom. The van der Waals surface area contributed by atoms with Crippen molar-refractivity contribution in [1.29, 1.82) is 0 Å². The van der Waals surface area contributed by atoms with Gasteiger partial charge in [-0.2, -0.15) is 4.57 Å². The number of benzene rings is 2. The summed E-state index contributed by atoms with van der Waals surface area (Å²) in [6.07, 6.45) is 0.